The van der Waals surface area contributed by atoms with Crippen LogP contribution in [0.5, 0.6) is 5.75 Å². The van der Waals surface area contributed by atoms with Crippen LogP contribution in [0, 0.1) is 0 Å². The van der Waals surface area contributed by atoms with Gasteiger partial charge in [-0.05, 0) is 48.5 Å². The molecule has 0 saturated carbocycles. The topological polar surface area (TPSA) is 66.5 Å². The van der Waals surface area contributed by atoms with Crippen molar-refractivity contribution in [1.82, 2.24) is 9.72 Å². The normalized spacial score (nSPS) is 10.6. The van der Waals surface area contributed by atoms with Crippen molar-refractivity contribution in [3.8, 4) is 22.8 Å². The first-order valence-electron chi connectivity index (χ1n) is 8.73. The maximum Gasteiger partial charge on any atom is 0.338 e. The van der Waals surface area contributed by atoms with Gasteiger partial charge in [0.25, 0.3) is 0 Å². The van der Waals surface area contributed by atoms with Crippen molar-refractivity contribution < 1.29 is 18.8 Å². The minimum atomic E-state index is -0.412. The number of benzene rings is 2. The van der Waals surface area contributed by atoms with Crippen molar-refractivity contribution in [3.63, 3.8) is 0 Å². The average molecular weight is 374 g/mol. The first-order valence-corrected chi connectivity index (χ1v) is 8.73. The second-order valence-corrected chi connectivity index (χ2v) is 6.13. The fraction of sp³-hybridized carbons (Fsp3) is 0.0909. The summed E-state index contributed by atoms with van der Waals surface area (Å²) in [5.41, 5.74) is 2.83. The molecule has 2 aromatic heterocycles. The van der Waals surface area contributed by atoms with Gasteiger partial charge in [-0.1, -0.05) is 17.3 Å². The molecule has 6 heteroatoms. The molecule has 0 fully saturated rings. The fourth-order valence-corrected chi connectivity index (χ4v) is 2.79. The lowest BCUT2D eigenvalue weighted by atomic mass is 10.1. The van der Waals surface area contributed by atoms with Gasteiger partial charge in [0.05, 0.1) is 12.7 Å². The Morgan fingerprint density at radius 3 is 2.57 bits per heavy atom. The molecule has 4 aromatic rings. The summed E-state index contributed by atoms with van der Waals surface area (Å²) in [6, 6.07) is 20.3. The van der Waals surface area contributed by atoms with E-state index in [0.717, 1.165) is 17.0 Å². The van der Waals surface area contributed by atoms with Crippen molar-refractivity contribution in [2.45, 2.75) is 6.61 Å². The highest BCUT2D eigenvalue weighted by Gasteiger charge is 2.12. The molecule has 140 valence electrons. The highest BCUT2D eigenvalue weighted by Crippen LogP contribution is 2.24. The van der Waals surface area contributed by atoms with Crippen molar-refractivity contribution in [2.75, 3.05) is 7.11 Å². The number of hydrogen-bond acceptors (Lipinski definition) is 5. The van der Waals surface area contributed by atoms with E-state index in [1.807, 2.05) is 65.5 Å². The van der Waals surface area contributed by atoms with E-state index in [1.54, 1.807) is 25.3 Å². The number of carbonyl (C=O) groups excluding carboxylic acids is 1. The second kappa shape index (κ2) is 7.84. The Morgan fingerprint density at radius 1 is 1.04 bits per heavy atom. The monoisotopic (exact) mass is 374 g/mol. The molecule has 6 nitrogen and oxygen atoms in total. The smallest absolute Gasteiger partial charge is 0.338 e. The lowest BCUT2D eigenvalue weighted by molar-refractivity contribution is 0.0464. The molecular weight excluding hydrogens is 356 g/mol. The summed E-state index contributed by atoms with van der Waals surface area (Å²) in [6.07, 6.45) is 3.88. The first kappa shape index (κ1) is 17.6. The molecule has 0 aliphatic rings. The molecular formula is C22H18N2O4. The fourth-order valence-electron chi connectivity index (χ4n) is 2.79. The van der Waals surface area contributed by atoms with Crippen LogP contribution in [0.15, 0.2) is 83.6 Å². The van der Waals surface area contributed by atoms with Gasteiger partial charge in [0, 0.05) is 29.7 Å². The molecule has 28 heavy (non-hydrogen) atoms. The largest absolute Gasteiger partial charge is 0.497 e. The maximum absolute atomic E-state index is 12.3. The van der Waals surface area contributed by atoms with Crippen LogP contribution in [-0.4, -0.2) is 22.8 Å². The predicted molar refractivity (Wildman–Crippen MR) is 103 cm³/mol. The quantitative estimate of drug-likeness (QED) is 0.465. The zero-order valence-electron chi connectivity index (χ0n) is 15.2. The lowest BCUT2D eigenvalue weighted by Gasteiger charge is -2.05. The van der Waals surface area contributed by atoms with Crippen molar-refractivity contribution in [2.24, 2.45) is 0 Å². The standard InChI is InChI=1S/C22H18N2O4/c1-26-20-6-4-5-17(13-20)21-14-18(23-28-21)15-27-22(25)16-7-9-19(10-8-16)24-11-2-3-12-24/h2-14H,15H2,1H3. The third-order valence-corrected chi connectivity index (χ3v) is 4.27. The third kappa shape index (κ3) is 3.81. The van der Waals surface area contributed by atoms with Crippen molar-refractivity contribution >= 4 is 5.97 Å². The van der Waals surface area contributed by atoms with Crippen LogP contribution >= 0.6 is 0 Å². The Labute approximate surface area is 161 Å². The summed E-state index contributed by atoms with van der Waals surface area (Å²) < 4.78 is 17.9. The second-order valence-electron chi connectivity index (χ2n) is 6.13. The minimum Gasteiger partial charge on any atom is -0.497 e. The van der Waals surface area contributed by atoms with E-state index in [2.05, 4.69) is 5.16 Å². The van der Waals surface area contributed by atoms with Crippen LogP contribution in [0.25, 0.3) is 17.0 Å². The van der Waals surface area contributed by atoms with E-state index >= 15 is 0 Å². The maximum atomic E-state index is 12.3. The van der Waals surface area contributed by atoms with Crippen LogP contribution < -0.4 is 4.74 Å². The molecule has 0 saturated heterocycles. The Balaban J connectivity index is 1.39. The van der Waals surface area contributed by atoms with Gasteiger partial charge in [0.2, 0.25) is 0 Å². The van der Waals surface area contributed by atoms with E-state index in [-0.39, 0.29) is 6.61 Å². The zero-order valence-corrected chi connectivity index (χ0v) is 15.2. The Bertz CT molecular complexity index is 1070. The molecule has 0 atom stereocenters. The minimum absolute atomic E-state index is 0.0334. The van der Waals surface area contributed by atoms with Crippen LogP contribution in [0.4, 0.5) is 0 Å². The summed E-state index contributed by atoms with van der Waals surface area (Å²) in [4.78, 5) is 12.3. The number of methoxy groups -OCH3 is 1. The van der Waals surface area contributed by atoms with Gasteiger partial charge in [-0.2, -0.15) is 0 Å². The Morgan fingerprint density at radius 2 is 1.82 bits per heavy atom. The average Bonchev–Trinajstić information content (AvgIpc) is 3.44. The molecule has 2 aromatic carbocycles. The van der Waals surface area contributed by atoms with E-state index in [4.69, 9.17) is 14.0 Å². The number of hydrogen-bond donors (Lipinski definition) is 0. The lowest BCUT2D eigenvalue weighted by Crippen LogP contribution is -2.05. The van der Waals surface area contributed by atoms with E-state index < -0.39 is 5.97 Å². The van der Waals surface area contributed by atoms with Crippen molar-refractivity contribution in [1.29, 1.82) is 0 Å². The molecule has 0 amide bonds. The van der Waals surface area contributed by atoms with Crippen LogP contribution in [-0.2, 0) is 11.3 Å². The Hall–Kier alpha value is -3.80. The molecule has 0 bridgehead atoms. The van der Waals surface area contributed by atoms with Gasteiger partial charge in [0.15, 0.2) is 5.76 Å². The summed E-state index contributed by atoms with van der Waals surface area (Å²) >= 11 is 0. The number of carbonyl (C=O) groups is 1. The summed E-state index contributed by atoms with van der Waals surface area (Å²) in [5, 5.41) is 3.97. The van der Waals surface area contributed by atoms with Crippen LogP contribution in [0.2, 0.25) is 0 Å². The number of rotatable bonds is 6. The summed E-state index contributed by atoms with van der Waals surface area (Å²) in [7, 11) is 1.61. The SMILES string of the molecule is COc1cccc(-c2cc(COC(=O)c3ccc(-n4cccc4)cc3)no2)c1. The van der Waals surface area contributed by atoms with Gasteiger partial charge in [-0.15, -0.1) is 0 Å². The van der Waals surface area contributed by atoms with Gasteiger partial charge < -0.3 is 18.6 Å². The number of aromatic nitrogens is 2. The first-order chi connectivity index (χ1) is 13.7. The Kier molecular flexibility index (Phi) is 4.93. The zero-order chi connectivity index (χ0) is 19.3. The number of nitrogens with zero attached hydrogens (tertiary/aromatic N) is 2. The predicted octanol–water partition coefficient (Wildman–Crippen LogP) is 4.50. The summed E-state index contributed by atoms with van der Waals surface area (Å²) in [6.45, 7) is 0.0334. The van der Waals surface area contributed by atoms with Gasteiger partial charge in [-0.25, -0.2) is 4.79 Å². The van der Waals surface area contributed by atoms with Crippen LogP contribution in [0.1, 0.15) is 16.1 Å². The summed E-state index contributed by atoms with van der Waals surface area (Å²) in [5.74, 6) is 0.899. The molecule has 0 aliphatic carbocycles. The highest BCUT2D eigenvalue weighted by atomic mass is 16.5. The van der Waals surface area contributed by atoms with Gasteiger partial charge in [0.1, 0.15) is 18.1 Å². The molecule has 0 aliphatic heterocycles. The molecule has 0 N–H and O–H groups in total. The highest BCUT2D eigenvalue weighted by molar-refractivity contribution is 5.89. The van der Waals surface area contributed by atoms with Gasteiger partial charge in [-0.3, -0.25) is 0 Å². The number of esters is 1. The molecule has 0 radical (unpaired) electrons. The molecule has 0 spiro atoms. The van der Waals surface area contributed by atoms with E-state index in [0.29, 0.717) is 17.0 Å². The van der Waals surface area contributed by atoms with E-state index in [9.17, 15) is 4.79 Å². The molecule has 0 unspecified atom stereocenters. The molecule has 2 heterocycles. The van der Waals surface area contributed by atoms with E-state index in [1.165, 1.54) is 0 Å². The van der Waals surface area contributed by atoms with Gasteiger partial charge >= 0.3 is 5.97 Å². The van der Waals surface area contributed by atoms with Crippen molar-refractivity contribution in [3.05, 3.63) is 90.4 Å². The molecule has 4 rings (SSSR count). The van der Waals surface area contributed by atoms with Crippen LogP contribution in [0.3, 0.4) is 0 Å². The third-order valence-electron chi connectivity index (χ3n) is 4.27. The number of ether oxygens (including phenoxy) is 2.